The molecule has 272 valence electrons. The number of hydrogen-bond donors (Lipinski definition) is 3. The summed E-state index contributed by atoms with van der Waals surface area (Å²) in [5, 5.41) is 11.4. The molecule has 0 saturated carbocycles. The normalized spacial score (nSPS) is 13.8. The number of halogens is 1. The standard InChI is InChI=1S/C35H35FN6O9S/c1-37-52(46,47)24-7-5-23(6-8-24)42-34(44)26(33(43)40-35(42)45)21-39-22-4-9-30(27(36)18-22)51-29-10-11-38-28-20-32(31(48-2)19-25(28)29)50-15-3-12-41-13-16-49-17-14-41/h4-11,18-21,37,44H,3,12-17H2,1-2H3,(H,40,43,45). The molecule has 2 aromatic heterocycles. The molecule has 52 heavy (non-hydrogen) atoms. The minimum Gasteiger partial charge on any atom is -0.493 e. The maximum absolute atomic E-state index is 15.3. The van der Waals surface area contributed by atoms with Crippen molar-refractivity contribution in [3.05, 3.63) is 99.1 Å². The van der Waals surface area contributed by atoms with E-state index in [0.29, 0.717) is 34.8 Å². The topological polar surface area (TPSA) is 187 Å². The minimum atomic E-state index is -3.75. The number of aromatic nitrogens is 3. The van der Waals surface area contributed by atoms with Crippen molar-refractivity contribution in [2.45, 2.75) is 11.3 Å². The number of rotatable bonds is 13. The Morgan fingerprint density at radius 2 is 1.81 bits per heavy atom. The van der Waals surface area contributed by atoms with E-state index in [-0.39, 0.29) is 22.0 Å². The van der Waals surface area contributed by atoms with E-state index in [1.807, 2.05) is 0 Å². The van der Waals surface area contributed by atoms with Crippen molar-refractivity contribution in [1.29, 1.82) is 0 Å². The summed E-state index contributed by atoms with van der Waals surface area (Å²) in [6.07, 6.45) is 3.33. The maximum Gasteiger partial charge on any atom is 0.335 e. The van der Waals surface area contributed by atoms with Crippen LogP contribution in [0, 0.1) is 5.82 Å². The molecule has 1 saturated heterocycles. The molecule has 0 bridgehead atoms. The van der Waals surface area contributed by atoms with E-state index in [1.54, 1.807) is 18.2 Å². The predicted molar refractivity (Wildman–Crippen MR) is 190 cm³/mol. The first-order valence-corrected chi connectivity index (χ1v) is 17.6. The Balaban J connectivity index is 1.18. The van der Waals surface area contributed by atoms with Crippen LogP contribution in [0.2, 0.25) is 0 Å². The fraction of sp³-hybridized carbons (Fsp3) is 0.257. The number of aromatic hydroxyl groups is 1. The fourth-order valence-corrected chi connectivity index (χ4v) is 6.21. The lowest BCUT2D eigenvalue weighted by Gasteiger charge is -2.26. The number of methoxy groups -OCH3 is 1. The maximum atomic E-state index is 15.3. The summed E-state index contributed by atoms with van der Waals surface area (Å²) < 4.78 is 65.3. The summed E-state index contributed by atoms with van der Waals surface area (Å²) in [5.74, 6) is -0.354. The summed E-state index contributed by atoms with van der Waals surface area (Å²) >= 11 is 0. The molecule has 0 unspecified atom stereocenters. The molecule has 1 aliphatic heterocycles. The van der Waals surface area contributed by atoms with Gasteiger partial charge in [-0.15, -0.1) is 0 Å². The Hall–Kier alpha value is -5.62. The SMILES string of the molecule is CNS(=O)(=O)c1ccc(-n2c(O)c(C=Nc3ccc(Oc4ccnc5cc(OCCCN6CCOCC6)c(OC)cc45)c(F)c3)c(=O)[nH]c2=O)cc1. The first-order valence-electron chi connectivity index (χ1n) is 16.1. The van der Waals surface area contributed by atoms with Crippen molar-refractivity contribution in [1.82, 2.24) is 24.2 Å². The predicted octanol–water partition coefficient (Wildman–Crippen LogP) is 3.48. The van der Waals surface area contributed by atoms with Crippen LogP contribution in [0.15, 0.2) is 86.3 Å². The van der Waals surface area contributed by atoms with Gasteiger partial charge in [-0.1, -0.05) is 0 Å². The molecular formula is C35H35FN6O9S. The van der Waals surface area contributed by atoms with Gasteiger partial charge in [0, 0.05) is 49.6 Å². The monoisotopic (exact) mass is 734 g/mol. The lowest BCUT2D eigenvalue weighted by atomic mass is 10.1. The van der Waals surface area contributed by atoms with Gasteiger partial charge < -0.3 is 24.1 Å². The van der Waals surface area contributed by atoms with E-state index in [1.165, 1.54) is 56.8 Å². The zero-order chi connectivity index (χ0) is 36.8. The second-order valence-corrected chi connectivity index (χ2v) is 13.4. The number of hydrogen-bond acceptors (Lipinski definition) is 12. The summed E-state index contributed by atoms with van der Waals surface area (Å²) in [5.41, 5.74) is -1.63. The summed E-state index contributed by atoms with van der Waals surface area (Å²) in [7, 11) is -0.976. The van der Waals surface area contributed by atoms with Crippen LogP contribution >= 0.6 is 0 Å². The molecule has 0 radical (unpaired) electrons. The molecule has 17 heteroatoms. The third-order valence-corrected chi connectivity index (χ3v) is 9.67. The van der Waals surface area contributed by atoms with Gasteiger partial charge in [-0.05, 0) is 62.0 Å². The first-order chi connectivity index (χ1) is 25.1. The molecule has 6 rings (SSSR count). The Morgan fingerprint density at radius 3 is 2.52 bits per heavy atom. The van der Waals surface area contributed by atoms with Crippen LogP contribution in [0.25, 0.3) is 16.6 Å². The molecule has 3 heterocycles. The Labute approximate surface area is 296 Å². The number of aromatic amines is 1. The molecule has 0 amide bonds. The third-order valence-electron chi connectivity index (χ3n) is 8.24. The van der Waals surface area contributed by atoms with Gasteiger partial charge in [0.15, 0.2) is 23.1 Å². The van der Waals surface area contributed by atoms with Crippen LogP contribution in [0.5, 0.6) is 28.9 Å². The van der Waals surface area contributed by atoms with Gasteiger partial charge in [0.05, 0.1) is 48.7 Å². The summed E-state index contributed by atoms with van der Waals surface area (Å²) in [6.45, 7) is 4.65. The molecule has 1 aliphatic rings. The van der Waals surface area contributed by atoms with E-state index in [2.05, 4.69) is 24.6 Å². The number of H-pyrrole nitrogens is 1. The largest absolute Gasteiger partial charge is 0.493 e. The average Bonchev–Trinajstić information content (AvgIpc) is 3.14. The Morgan fingerprint density at radius 1 is 1.04 bits per heavy atom. The number of sulfonamides is 1. The van der Waals surface area contributed by atoms with Gasteiger partial charge in [0.25, 0.3) is 5.56 Å². The van der Waals surface area contributed by atoms with Crippen molar-refractivity contribution in [3.8, 4) is 34.6 Å². The van der Waals surface area contributed by atoms with Crippen molar-refractivity contribution in [2.24, 2.45) is 4.99 Å². The molecule has 0 spiro atoms. The number of pyridine rings is 1. The quantitative estimate of drug-likeness (QED) is 0.119. The fourth-order valence-electron chi connectivity index (χ4n) is 5.48. The number of nitrogens with one attached hydrogen (secondary N) is 2. The van der Waals surface area contributed by atoms with E-state index in [0.717, 1.165) is 56.1 Å². The van der Waals surface area contributed by atoms with E-state index in [4.69, 9.17) is 18.9 Å². The van der Waals surface area contributed by atoms with Crippen LogP contribution < -0.4 is 30.2 Å². The number of aliphatic imine (C=N–C) groups is 1. The number of benzene rings is 3. The van der Waals surface area contributed by atoms with Crippen LogP contribution in [0.3, 0.4) is 0 Å². The molecule has 5 aromatic rings. The first kappa shape index (κ1) is 36.2. The zero-order valence-corrected chi connectivity index (χ0v) is 29.0. The van der Waals surface area contributed by atoms with Crippen LogP contribution in [-0.4, -0.2) is 92.8 Å². The summed E-state index contributed by atoms with van der Waals surface area (Å²) in [6, 6.07) is 13.9. The second kappa shape index (κ2) is 15.7. The highest BCUT2D eigenvalue weighted by Crippen LogP contribution is 2.38. The molecule has 0 aliphatic carbocycles. The number of fused-ring (bicyclic) bond motifs is 1. The van der Waals surface area contributed by atoms with Crippen molar-refractivity contribution < 1.29 is 36.9 Å². The highest BCUT2D eigenvalue weighted by atomic mass is 32.2. The Kier molecular flexibility index (Phi) is 10.9. The van der Waals surface area contributed by atoms with Crippen molar-refractivity contribution in [3.63, 3.8) is 0 Å². The lowest BCUT2D eigenvalue weighted by molar-refractivity contribution is 0.0357. The van der Waals surface area contributed by atoms with Gasteiger partial charge in [-0.25, -0.2) is 26.9 Å². The highest BCUT2D eigenvalue weighted by Gasteiger charge is 2.18. The zero-order valence-electron chi connectivity index (χ0n) is 28.2. The molecule has 0 atom stereocenters. The van der Waals surface area contributed by atoms with E-state index >= 15 is 4.39 Å². The van der Waals surface area contributed by atoms with Crippen LogP contribution in [-0.2, 0) is 14.8 Å². The van der Waals surface area contributed by atoms with Gasteiger partial charge in [-0.3, -0.25) is 24.7 Å². The van der Waals surface area contributed by atoms with Gasteiger partial charge >= 0.3 is 5.69 Å². The van der Waals surface area contributed by atoms with Gasteiger partial charge in [-0.2, -0.15) is 0 Å². The molecule has 3 aromatic carbocycles. The molecule has 15 nitrogen and oxygen atoms in total. The number of nitrogens with zero attached hydrogens (tertiary/aromatic N) is 4. The third kappa shape index (κ3) is 7.97. The molecular weight excluding hydrogens is 699 g/mol. The highest BCUT2D eigenvalue weighted by molar-refractivity contribution is 7.89. The smallest absolute Gasteiger partial charge is 0.335 e. The number of ether oxygens (including phenoxy) is 4. The van der Waals surface area contributed by atoms with Gasteiger partial charge in [0.1, 0.15) is 11.3 Å². The van der Waals surface area contributed by atoms with Crippen LogP contribution in [0.4, 0.5) is 10.1 Å². The minimum absolute atomic E-state index is 0.0692. The van der Waals surface area contributed by atoms with Crippen molar-refractivity contribution in [2.75, 3.05) is 53.6 Å². The second-order valence-electron chi connectivity index (χ2n) is 11.5. The lowest BCUT2D eigenvalue weighted by Crippen LogP contribution is -2.37. The van der Waals surface area contributed by atoms with E-state index < -0.39 is 38.5 Å². The Bertz CT molecular complexity index is 2340. The van der Waals surface area contributed by atoms with E-state index in [9.17, 15) is 23.1 Å². The molecule has 1 fully saturated rings. The molecule has 3 N–H and O–H groups in total. The van der Waals surface area contributed by atoms with Crippen molar-refractivity contribution >= 4 is 32.8 Å². The number of morpholine rings is 1. The van der Waals surface area contributed by atoms with Crippen LogP contribution in [0.1, 0.15) is 12.0 Å². The summed E-state index contributed by atoms with van der Waals surface area (Å²) in [4.78, 5) is 38.0. The average molecular weight is 735 g/mol. The van der Waals surface area contributed by atoms with Gasteiger partial charge in [0.2, 0.25) is 15.9 Å².